The van der Waals surface area contributed by atoms with Crippen LogP contribution in [0.4, 0.5) is 0 Å². The molecule has 0 saturated carbocycles. The molecule has 15 heavy (non-hydrogen) atoms. The number of nitriles is 1. The Morgan fingerprint density at radius 3 is 2.40 bits per heavy atom. The number of hydrogen-bond donors (Lipinski definition) is 0. The van der Waals surface area contributed by atoms with Crippen molar-refractivity contribution in [2.24, 2.45) is 0 Å². The molecule has 0 aliphatic rings. The molecule has 3 nitrogen and oxygen atoms in total. The van der Waals surface area contributed by atoms with Crippen molar-refractivity contribution in [2.45, 2.75) is 20.3 Å². The molecule has 3 heteroatoms. The van der Waals surface area contributed by atoms with E-state index in [0.717, 1.165) is 6.42 Å². The Morgan fingerprint density at radius 1 is 1.40 bits per heavy atom. The number of ether oxygens (including phenoxy) is 1. The van der Waals surface area contributed by atoms with Crippen LogP contribution in [0.1, 0.15) is 19.4 Å². The summed E-state index contributed by atoms with van der Waals surface area (Å²) in [5, 5.41) is 7.32. The summed E-state index contributed by atoms with van der Waals surface area (Å²) in [6, 6.07) is 11.7. The maximum Gasteiger partial charge on any atom is 0.302 e. The predicted octanol–water partition coefficient (Wildman–Crippen LogP) is 2.32. The summed E-state index contributed by atoms with van der Waals surface area (Å²) in [6.45, 7) is 3.32. The van der Waals surface area contributed by atoms with Crippen LogP contribution in [0.25, 0.3) is 0 Å². The summed E-state index contributed by atoms with van der Waals surface area (Å²) in [6.07, 6.45) is 0.792. The first kappa shape index (κ1) is 13.2. The van der Waals surface area contributed by atoms with Crippen LogP contribution in [0, 0.1) is 11.3 Å². The molecule has 0 aliphatic heterocycles. The number of nitrogens with zero attached hydrogens (tertiary/aromatic N) is 1. The topological polar surface area (TPSA) is 50.1 Å². The van der Waals surface area contributed by atoms with Gasteiger partial charge in [0, 0.05) is 20.3 Å². The maximum atomic E-state index is 10.4. The van der Waals surface area contributed by atoms with Crippen LogP contribution >= 0.6 is 0 Å². The van der Waals surface area contributed by atoms with Crippen molar-refractivity contribution in [1.82, 2.24) is 0 Å². The third-order valence-corrected chi connectivity index (χ3v) is 1.54. The van der Waals surface area contributed by atoms with Crippen molar-refractivity contribution in [2.75, 3.05) is 6.61 Å². The van der Waals surface area contributed by atoms with Crippen molar-refractivity contribution in [3.63, 3.8) is 0 Å². The minimum absolute atomic E-state index is 0.217. The van der Waals surface area contributed by atoms with Gasteiger partial charge in [-0.15, -0.1) is 0 Å². The molecule has 0 spiro atoms. The molecule has 0 aliphatic carbocycles. The number of benzene rings is 1. The first-order chi connectivity index (χ1) is 7.20. The van der Waals surface area contributed by atoms with E-state index in [-0.39, 0.29) is 5.97 Å². The molecule has 0 aromatic heterocycles. The molecule has 0 atom stereocenters. The van der Waals surface area contributed by atoms with Gasteiger partial charge in [0.15, 0.2) is 0 Å². The fourth-order valence-electron chi connectivity index (χ4n) is 0.957. The van der Waals surface area contributed by atoms with E-state index in [2.05, 4.69) is 0 Å². The van der Waals surface area contributed by atoms with E-state index in [1.54, 1.807) is 6.07 Å². The highest BCUT2D eigenvalue weighted by Crippen LogP contribution is 1.99. The van der Waals surface area contributed by atoms with E-state index in [1.807, 2.05) is 30.3 Å². The molecule has 1 aromatic rings. The van der Waals surface area contributed by atoms with Crippen molar-refractivity contribution < 1.29 is 9.53 Å². The zero-order valence-corrected chi connectivity index (χ0v) is 9.06. The van der Waals surface area contributed by atoms with Crippen LogP contribution in [0.15, 0.2) is 30.3 Å². The van der Waals surface area contributed by atoms with Crippen LogP contribution in [-0.2, 0) is 16.0 Å². The second-order valence-corrected chi connectivity index (χ2v) is 2.80. The first-order valence-corrected chi connectivity index (χ1v) is 4.68. The second kappa shape index (κ2) is 8.76. The van der Waals surface area contributed by atoms with Gasteiger partial charge < -0.3 is 4.74 Å². The van der Waals surface area contributed by atoms with Gasteiger partial charge in [-0.25, -0.2) is 0 Å². The smallest absolute Gasteiger partial charge is 0.302 e. The van der Waals surface area contributed by atoms with Crippen molar-refractivity contribution in [3.05, 3.63) is 35.9 Å². The molecule has 0 radical (unpaired) electrons. The average Bonchev–Trinajstić information content (AvgIpc) is 2.20. The summed E-state index contributed by atoms with van der Waals surface area (Å²) in [4.78, 5) is 10.4. The van der Waals surface area contributed by atoms with E-state index in [1.165, 1.54) is 19.4 Å². The lowest BCUT2D eigenvalue weighted by molar-refractivity contribution is -0.140. The second-order valence-electron chi connectivity index (χ2n) is 2.80. The first-order valence-electron chi connectivity index (χ1n) is 4.68. The standard InChI is InChI=1S/C10H12O2.C2H3N/c1-9(11)12-8-7-10-5-3-2-4-6-10;1-2-3/h2-6H,7-8H2,1H3;1H3. The lowest BCUT2D eigenvalue weighted by Crippen LogP contribution is -2.02. The lowest BCUT2D eigenvalue weighted by atomic mass is 10.2. The highest BCUT2D eigenvalue weighted by molar-refractivity contribution is 5.65. The molecular formula is C12H15NO2. The van der Waals surface area contributed by atoms with E-state index >= 15 is 0 Å². The highest BCUT2D eigenvalue weighted by Gasteiger charge is 1.93. The van der Waals surface area contributed by atoms with Crippen LogP contribution in [0.5, 0.6) is 0 Å². The average molecular weight is 205 g/mol. The molecule has 0 amide bonds. The minimum Gasteiger partial charge on any atom is -0.466 e. The zero-order valence-electron chi connectivity index (χ0n) is 9.06. The normalized spacial score (nSPS) is 8.07. The summed E-state index contributed by atoms with van der Waals surface area (Å²) in [5.74, 6) is -0.217. The lowest BCUT2D eigenvalue weighted by Gasteiger charge is -2.00. The van der Waals surface area contributed by atoms with Gasteiger partial charge in [0.1, 0.15) is 0 Å². The van der Waals surface area contributed by atoms with Crippen molar-refractivity contribution >= 4 is 5.97 Å². The SMILES string of the molecule is CC#N.CC(=O)OCCc1ccccc1. The molecule has 0 fully saturated rings. The maximum absolute atomic E-state index is 10.4. The molecule has 1 aromatic carbocycles. The molecular weight excluding hydrogens is 190 g/mol. The summed E-state index contributed by atoms with van der Waals surface area (Å²) in [7, 11) is 0. The quantitative estimate of drug-likeness (QED) is 0.711. The Balaban J connectivity index is 0.000000583. The summed E-state index contributed by atoms with van der Waals surface area (Å²) < 4.78 is 4.81. The molecule has 0 heterocycles. The Morgan fingerprint density at radius 2 is 1.93 bits per heavy atom. The van der Waals surface area contributed by atoms with Gasteiger partial charge >= 0.3 is 5.97 Å². The van der Waals surface area contributed by atoms with Gasteiger partial charge in [-0.2, -0.15) is 5.26 Å². The van der Waals surface area contributed by atoms with Crippen LogP contribution < -0.4 is 0 Å². The number of hydrogen-bond acceptors (Lipinski definition) is 3. The zero-order chi connectivity index (χ0) is 11.5. The largest absolute Gasteiger partial charge is 0.466 e. The number of rotatable bonds is 3. The number of carbonyl (C=O) groups is 1. The molecule has 0 saturated heterocycles. The van der Waals surface area contributed by atoms with Crippen LogP contribution in [-0.4, -0.2) is 12.6 Å². The number of carbonyl (C=O) groups excluding carboxylic acids is 1. The molecule has 0 bridgehead atoms. The van der Waals surface area contributed by atoms with Gasteiger partial charge in [-0.05, 0) is 5.56 Å². The van der Waals surface area contributed by atoms with Crippen LogP contribution in [0.2, 0.25) is 0 Å². The van der Waals surface area contributed by atoms with Gasteiger partial charge in [0.2, 0.25) is 0 Å². The van der Waals surface area contributed by atoms with Crippen molar-refractivity contribution in [1.29, 1.82) is 5.26 Å². The Hall–Kier alpha value is -1.82. The molecule has 1 rings (SSSR count). The Kier molecular flexibility index (Phi) is 7.70. The fraction of sp³-hybridized carbons (Fsp3) is 0.333. The van der Waals surface area contributed by atoms with Gasteiger partial charge in [0.25, 0.3) is 0 Å². The molecule has 0 N–H and O–H groups in total. The summed E-state index contributed by atoms with van der Waals surface area (Å²) in [5.41, 5.74) is 1.19. The van der Waals surface area contributed by atoms with Crippen LogP contribution in [0.3, 0.4) is 0 Å². The third-order valence-electron chi connectivity index (χ3n) is 1.54. The highest BCUT2D eigenvalue weighted by atomic mass is 16.5. The number of esters is 1. The third kappa shape index (κ3) is 8.51. The molecule has 80 valence electrons. The minimum atomic E-state index is -0.217. The van der Waals surface area contributed by atoms with E-state index in [0.29, 0.717) is 6.61 Å². The fourth-order valence-corrected chi connectivity index (χ4v) is 0.957. The van der Waals surface area contributed by atoms with Gasteiger partial charge in [0.05, 0.1) is 12.7 Å². The van der Waals surface area contributed by atoms with Gasteiger partial charge in [-0.3, -0.25) is 4.79 Å². The predicted molar refractivity (Wildman–Crippen MR) is 58.1 cm³/mol. The van der Waals surface area contributed by atoms with E-state index in [9.17, 15) is 4.79 Å². The Bertz CT molecular complexity index is 314. The molecule has 0 unspecified atom stereocenters. The van der Waals surface area contributed by atoms with E-state index in [4.69, 9.17) is 10.00 Å². The van der Waals surface area contributed by atoms with E-state index < -0.39 is 0 Å². The Labute approximate surface area is 90.3 Å². The van der Waals surface area contributed by atoms with Gasteiger partial charge in [-0.1, -0.05) is 30.3 Å². The monoisotopic (exact) mass is 205 g/mol. The summed E-state index contributed by atoms with van der Waals surface area (Å²) >= 11 is 0. The van der Waals surface area contributed by atoms with Crippen molar-refractivity contribution in [3.8, 4) is 6.07 Å².